The van der Waals surface area contributed by atoms with E-state index >= 15 is 0 Å². The lowest BCUT2D eigenvalue weighted by molar-refractivity contribution is -0.385. The minimum Gasteiger partial charge on any atom is -0.481 e. The SMILES string of the molecule is COc1cc(NS(=O)(=O)c2ccc(NC(=S)NC(=O)c3ccccc3[N+](=O)[O-])cc2)nc(OC)n1. The summed E-state index contributed by atoms with van der Waals surface area (Å²) >= 11 is 5.08. The van der Waals surface area contributed by atoms with Crippen LogP contribution in [-0.4, -0.2) is 48.5 Å². The van der Waals surface area contributed by atoms with Crippen LogP contribution in [0.5, 0.6) is 11.9 Å². The number of sulfonamides is 1. The summed E-state index contributed by atoms with van der Waals surface area (Å²) in [4.78, 5) is 30.5. The van der Waals surface area contributed by atoms with Crippen LogP contribution in [0.4, 0.5) is 17.2 Å². The van der Waals surface area contributed by atoms with Gasteiger partial charge in [0.2, 0.25) is 5.88 Å². The molecule has 1 heterocycles. The Kier molecular flexibility index (Phi) is 7.73. The van der Waals surface area contributed by atoms with Crippen LogP contribution in [0.15, 0.2) is 59.5 Å². The molecule has 0 fully saturated rings. The molecule has 3 aromatic rings. The second-order valence-electron chi connectivity index (χ2n) is 6.59. The van der Waals surface area contributed by atoms with Crippen LogP contribution in [0.1, 0.15) is 10.4 Å². The first kappa shape index (κ1) is 25.3. The first-order chi connectivity index (χ1) is 16.6. The summed E-state index contributed by atoms with van der Waals surface area (Å²) in [5.41, 5.74) is -0.164. The maximum atomic E-state index is 12.7. The van der Waals surface area contributed by atoms with E-state index in [0.717, 1.165) is 0 Å². The summed E-state index contributed by atoms with van der Waals surface area (Å²) in [6.07, 6.45) is 0. The monoisotopic (exact) mass is 518 g/mol. The van der Waals surface area contributed by atoms with E-state index in [0.29, 0.717) is 5.69 Å². The number of methoxy groups -OCH3 is 2. The summed E-state index contributed by atoms with van der Waals surface area (Å²) in [6.45, 7) is 0. The van der Waals surface area contributed by atoms with Gasteiger partial charge in [-0.15, -0.1) is 0 Å². The molecule has 0 saturated heterocycles. The first-order valence-corrected chi connectivity index (χ1v) is 11.5. The van der Waals surface area contributed by atoms with Gasteiger partial charge in [-0.05, 0) is 42.5 Å². The number of anilines is 2. The van der Waals surface area contributed by atoms with Gasteiger partial charge in [-0.1, -0.05) is 12.1 Å². The summed E-state index contributed by atoms with van der Waals surface area (Å²) in [5.74, 6) is -0.728. The second kappa shape index (κ2) is 10.7. The van der Waals surface area contributed by atoms with Gasteiger partial charge in [0.15, 0.2) is 10.9 Å². The molecule has 0 aliphatic rings. The fraction of sp³-hybridized carbons (Fsp3) is 0.100. The highest BCUT2D eigenvalue weighted by Gasteiger charge is 2.20. The van der Waals surface area contributed by atoms with Crippen molar-refractivity contribution >= 4 is 50.5 Å². The lowest BCUT2D eigenvalue weighted by atomic mass is 10.1. The minimum atomic E-state index is -4.02. The Bertz CT molecular complexity index is 1360. The molecule has 0 unspecified atom stereocenters. The molecular formula is C20H18N6O7S2. The number of amides is 1. The molecular weight excluding hydrogens is 500 g/mol. The van der Waals surface area contributed by atoms with E-state index in [1.807, 2.05) is 0 Å². The van der Waals surface area contributed by atoms with Gasteiger partial charge in [-0.2, -0.15) is 9.97 Å². The van der Waals surface area contributed by atoms with E-state index < -0.39 is 20.9 Å². The van der Waals surface area contributed by atoms with E-state index in [9.17, 15) is 23.3 Å². The van der Waals surface area contributed by atoms with Crippen LogP contribution in [0, 0.1) is 10.1 Å². The number of aromatic nitrogens is 2. The molecule has 35 heavy (non-hydrogen) atoms. The fourth-order valence-corrected chi connectivity index (χ4v) is 3.93. The molecule has 1 amide bonds. The number of nitrogens with one attached hydrogen (secondary N) is 3. The zero-order valence-electron chi connectivity index (χ0n) is 18.2. The number of para-hydroxylation sites is 1. The number of carbonyl (C=O) groups is 1. The van der Waals surface area contributed by atoms with Gasteiger partial charge in [0.05, 0.1) is 24.0 Å². The highest BCUT2D eigenvalue weighted by molar-refractivity contribution is 7.92. The van der Waals surface area contributed by atoms with Crippen LogP contribution in [0.2, 0.25) is 0 Å². The van der Waals surface area contributed by atoms with Crippen molar-refractivity contribution in [2.45, 2.75) is 4.90 Å². The van der Waals surface area contributed by atoms with Gasteiger partial charge < -0.3 is 14.8 Å². The number of nitro benzene ring substituents is 1. The predicted octanol–water partition coefficient (Wildman–Crippen LogP) is 2.33. The molecule has 2 aromatic carbocycles. The average molecular weight is 519 g/mol. The summed E-state index contributed by atoms with van der Waals surface area (Å²) in [6, 6.07) is 12.1. The van der Waals surface area contributed by atoms with E-state index in [1.54, 1.807) is 0 Å². The Hall–Kier alpha value is -4.37. The Balaban J connectivity index is 1.68. The number of rotatable bonds is 8. The van der Waals surface area contributed by atoms with Crippen molar-refractivity contribution < 1.29 is 27.6 Å². The molecule has 0 saturated carbocycles. The molecule has 0 bridgehead atoms. The topological polar surface area (TPSA) is 175 Å². The van der Waals surface area contributed by atoms with E-state index in [2.05, 4.69) is 25.3 Å². The van der Waals surface area contributed by atoms with Gasteiger partial charge >= 0.3 is 6.01 Å². The average Bonchev–Trinajstić information content (AvgIpc) is 2.83. The molecule has 0 spiro atoms. The molecule has 3 rings (SSSR count). The highest BCUT2D eigenvalue weighted by Crippen LogP contribution is 2.22. The highest BCUT2D eigenvalue weighted by atomic mass is 32.2. The van der Waals surface area contributed by atoms with Crippen molar-refractivity contribution in [2.24, 2.45) is 0 Å². The van der Waals surface area contributed by atoms with Crippen molar-refractivity contribution in [3.05, 3.63) is 70.3 Å². The first-order valence-electron chi connectivity index (χ1n) is 9.58. The molecule has 15 heteroatoms. The second-order valence-corrected chi connectivity index (χ2v) is 8.69. The Morgan fingerprint density at radius 1 is 1.06 bits per heavy atom. The molecule has 0 aliphatic heterocycles. The van der Waals surface area contributed by atoms with Crippen LogP contribution in [0.25, 0.3) is 0 Å². The number of nitro groups is 1. The molecule has 13 nitrogen and oxygen atoms in total. The standard InChI is InChI=1S/C20H18N6O7S2/c1-32-17-11-16(22-19(23-17)33-2)25-35(30,31)13-9-7-12(8-10-13)21-20(34)24-18(27)14-5-3-4-6-15(14)26(28)29/h3-11H,1-2H3,(H,22,23,25)(H2,21,24,27,34). The Morgan fingerprint density at radius 2 is 1.74 bits per heavy atom. The van der Waals surface area contributed by atoms with E-state index in [4.69, 9.17) is 21.7 Å². The number of ether oxygens (including phenoxy) is 2. The third-order valence-corrected chi connectivity index (χ3v) is 5.88. The van der Waals surface area contributed by atoms with Crippen molar-refractivity contribution in [1.82, 2.24) is 15.3 Å². The number of thiocarbonyl (C=S) groups is 1. The van der Waals surface area contributed by atoms with E-state index in [-0.39, 0.29) is 39.0 Å². The van der Waals surface area contributed by atoms with Gasteiger partial charge in [-0.3, -0.25) is 24.9 Å². The maximum Gasteiger partial charge on any atom is 0.321 e. The molecule has 1 aromatic heterocycles. The van der Waals surface area contributed by atoms with E-state index in [1.165, 1.54) is 68.8 Å². The van der Waals surface area contributed by atoms with Gasteiger partial charge in [0, 0.05) is 17.8 Å². The summed E-state index contributed by atoms with van der Waals surface area (Å²) < 4.78 is 37.6. The molecule has 0 aliphatic carbocycles. The van der Waals surface area contributed by atoms with Crippen molar-refractivity contribution in [1.29, 1.82) is 0 Å². The zero-order chi connectivity index (χ0) is 25.6. The fourth-order valence-electron chi connectivity index (χ4n) is 2.72. The lowest BCUT2D eigenvalue weighted by Crippen LogP contribution is -2.34. The predicted molar refractivity (Wildman–Crippen MR) is 129 cm³/mol. The van der Waals surface area contributed by atoms with Crippen LogP contribution < -0.4 is 24.8 Å². The van der Waals surface area contributed by atoms with Gasteiger partial charge in [0.25, 0.3) is 21.6 Å². The van der Waals surface area contributed by atoms with Crippen LogP contribution in [0.3, 0.4) is 0 Å². The third kappa shape index (κ3) is 6.36. The number of carbonyl (C=O) groups excluding carboxylic acids is 1. The Labute approximate surface area is 204 Å². The molecule has 0 atom stereocenters. The largest absolute Gasteiger partial charge is 0.481 e. The zero-order valence-corrected chi connectivity index (χ0v) is 19.8. The summed E-state index contributed by atoms with van der Waals surface area (Å²) in [5, 5.41) is 16.0. The number of benzene rings is 2. The smallest absolute Gasteiger partial charge is 0.321 e. The lowest BCUT2D eigenvalue weighted by Gasteiger charge is -2.12. The minimum absolute atomic E-state index is 0.0604. The van der Waals surface area contributed by atoms with Crippen molar-refractivity contribution in [3.8, 4) is 11.9 Å². The summed E-state index contributed by atoms with van der Waals surface area (Å²) in [7, 11) is -1.34. The van der Waals surface area contributed by atoms with Crippen molar-refractivity contribution in [3.63, 3.8) is 0 Å². The maximum absolute atomic E-state index is 12.7. The Morgan fingerprint density at radius 3 is 2.37 bits per heavy atom. The quantitative estimate of drug-likeness (QED) is 0.227. The number of hydrogen-bond acceptors (Lipinski definition) is 10. The van der Waals surface area contributed by atoms with Crippen molar-refractivity contribution in [2.75, 3.05) is 24.3 Å². The van der Waals surface area contributed by atoms with Crippen LogP contribution in [-0.2, 0) is 10.0 Å². The number of nitrogens with zero attached hydrogens (tertiary/aromatic N) is 3. The third-order valence-electron chi connectivity index (χ3n) is 4.31. The number of hydrogen-bond donors (Lipinski definition) is 3. The molecule has 182 valence electrons. The van der Waals surface area contributed by atoms with Gasteiger partial charge in [-0.25, -0.2) is 8.42 Å². The van der Waals surface area contributed by atoms with Crippen LogP contribution >= 0.6 is 12.2 Å². The van der Waals surface area contributed by atoms with Gasteiger partial charge in [0.1, 0.15) is 5.56 Å². The normalized spacial score (nSPS) is 10.7. The molecule has 3 N–H and O–H groups in total. The molecule has 0 radical (unpaired) electrons.